The molecule has 1 saturated heterocycles. The fourth-order valence-corrected chi connectivity index (χ4v) is 3.55. The molecule has 8 nitrogen and oxygen atoms in total. The summed E-state index contributed by atoms with van der Waals surface area (Å²) in [5.74, 6) is 1.40. The predicted molar refractivity (Wildman–Crippen MR) is 95.4 cm³/mol. The average Bonchev–Trinajstić information content (AvgIpc) is 2.62. The van der Waals surface area contributed by atoms with Crippen LogP contribution in [0.1, 0.15) is 20.8 Å². The summed E-state index contributed by atoms with van der Waals surface area (Å²) < 4.78 is 23.9. The molecule has 0 aromatic carbocycles. The van der Waals surface area contributed by atoms with Crippen molar-refractivity contribution in [2.24, 2.45) is 0 Å². The van der Waals surface area contributed by atoms with E-state index in [9.17, 15) is 8.42 Å². The molecule has 0 bridgehead atoms. The predicted octanol–water partition coefficient (Wildman–Crippen LogP) is 1.17. The fraction of sp³-hybridized carbons (Fsp3) is 0.500. The van der Waals surface area contributed by atoms with E-state index in [2.05, 4.69) is 30.0 Å². The van der Waals surface area contributed by atoms with Gasteiger partial charge in [-0.05, 0) is 39.0 Å². The Hall–Kier alpha value is -2.29. The first kappa shape index (κ1) is 17.5. The smallest absolute Gasteiger partial charge is 0.225 e. The van der Waals surface area contributed by atoms with Crippen LogP contribution in [0.25, 0.3) is 0 Å². The topological polar surface area (TPSA) is 92.2 Å². The van der Waals surface area contributed by atoms with Gasteiger partial charge in [0.15, 0.2) is 10.8 Å². The third kappa shape index (κ3) is 3.55. The molecule has 134 valence electrons. The lowest BCUT2D eigenvalue weighted by molar-refractivity contribution is 0.553. The maximum Gasteiger partial charge on any atom is 0.225 e. The van der Waals surface area contributed by atoms with Crippen LogP contribution in [0.15, 0.2) is 35.6 Å². The number of hydrogen-bond donors (Lipinski definition) is 0. The van der Waals surface area contributed by atoms with Crippen LogP contribution in [0.3, 0.4) is 0 Å². The summed E-state index contributed by atoms with van der Waals surface area (Å²) in [6, 6.07) is 5.05. The van der Waals surface area contributed by atoms with Crippen LogP contribution in [0.2, 0.25) is 0 Å². The Bertz CT molecular complexity index is 810. The Morgan fingerprint density at radius 1 is 0.920 bits per heavy atom. The minimum absolute atomic E-state index is 0.0140. The Morgan fingerprint density at radius 3 is 2.04 bits per heavy atom. The lowest BCUT2D eigenvalue weighted by Crippen LogP contribution is -2.47. The number of nitrogens with zero attached hydrogens (tertiary/aromatic N) is 6. The number of piperazine rings is 1. The van der Waals surface area contributed by atoms with Crippen molar-refractivity contribution in [2.75, 3.05) is 36.0 Å². The van der Waals surface area contributed by atoms with Gasteiger partial charge >= 0.3 is 0 Å². The quantitative estimate of drug-likeness (QED) is 0.803. The molecular weight excluding hydrogens is 340 g/mol. The van der Waals surface area contributed by atoms with Crippen molar-refractivity contribution in [3.05, 3.63) is 30.6 Å². The SMILES string of the molecule is CC(C)(C)S(=O)(=O)c1ccc(N2CCN(c3ncccn3)CC2)nn1. The average molecular weight is 362 g/mol. The van der Waals surface area contributed by atoms with E-state index in [1.54, 1.807) is 45.3 Å². The molecule has 25 heavy (non-hydrogen) atoms. The monoisotopic (exact) mass is 362 g/mol. The zero-order valence-electron chi connectivity index (χ0n) is 14.6. The maximum absolute atomic E-state index is 12.4. The molecule has 2 aromatic rings. The molecule has 9 heteroatoms. The molecule has 0 atom stereocenters. The summed E-state index contributed by atoms with van der Waals surface area (Å²) in [7, 11) is -3.49. The summed E-state index contributed by atoms with van der Waals surface area (Å²) in [5.41, 5.74) is 0. The van der Waals surface area contributed by atoms with Crippen LogP contribution in [0.4, 0.5) is 11.8 Å². The molecule has 1 aliphatic rings. The molecule has 0 N–H and O–H groups in total. The van der Waals surface area contributed by atoms with E-state index < -0.39 is 14.6 Å². The molecule has 0 radical (unpaired) electrons. The second kappa shape index (κ2) is 6.55. The van der Waals surface area contributed by atoms with E-state index in [1.807, 2.05) is 0 Å². The normalized spacial score (nSPS) is 16.1. The van der Waals surface area contributed by atoms with Crippen LogP contribution in [0.5, 0.6) is 0 Å². The van der Waals surface area contributed by atoms with Gasteiger partial charge in [0, 0.05) is 38.6 Å². The second-order valence-electron chi connectivity index (χ2n) is 6.87. The molecule has 0 spiro atoms. The molecule has 0 aliphatic carbocycles. The number of rotatable bonds is 3. The summed E-state index contributed by atoms with van der Waals surface area (Å²) in [5, 5.41) is 8.09. The van der Waals surface area contributed by atoms with Gasteiger partial charge in [-0.25, -0.2) is 18.4 Å². The second-order valence-corrected chi connectivity index (χ2v) is 9.52. The van der Waals surface area contributed by atoms with E-state index in [1.165, 1.54) is 6.07 Å². The molecule has 3 heterocycles. The van der Waals surface area contributed by atoms with Crippen molar-refractivity contribution < 1.29 is 8.42 Å². The van der Waals surface area contributed by atoms with Crippen LogP contribution in [-0.2, 0) is 9.84 Å². The molecule has 1 aliphatic heterocycles. The van der Waals surface area contributed by atoms with Gasteiger partial charge in [-0.2, -0.15) is 0 Å². The highest BCUT2D eigenvalue weighted by Gasteiger charge is 2.32. The number of aromatic nitrogens is 4. The minimum Gasteiger partial charge on any atom is -0.352 e. The first-order valence-corrected chi connectivity index (χ1v) is 9.63. The Labute approximate surface area is 147 Å². The van der Waals surface area contributed by atoms with Gasteiger partial charge in [-0.15, -0.1) is 10.2 Å². The summed E-state index contributed by atoms with van der Waals surface area (Å²) in [4.78, 5) is 12.7. The van der Waals surface area contributed by atoms with E-state index >= 15 is 0 Å². The number of hydrogen-bond acceptors (Lipinski definition) is 8. The first-order valence-electron chi connectivity index (χ1n) is 8.14. The Balaban J connectivity index is 1.69. The highest BCUT2D eigenvalue weighted by molar-refractivity contribution is 7.92. The lowest BCUT2D eigenvalue weighted by Gasteiger charge is -2.35. The molecule has 0 saturated carbocycles. The number of sulfone groups is 1. The molecular formula is C16H22N6O2S. The van der Waals surface area contributed by atoms with Crippen molar-refractivity contribution in [2.45, 2.75) is 30.5 Å². The Morgan fingerprint density at radius 2 is 1.52 bits per heavy atom. The van der Waals surface area contributed by atoms with Gasteiger partial charge in [0.1, 0.15) is 0 Å². The highest BCUT2D eigenvalue weighted by atomic mass is 32.2. The van der Waals surface area contributed by atoms with Crippen LogP contribution in [0, 0.1) is 0 Å². The van der Waals surface area contributed by atoms with E-state index in [0.717, 1.165) is 32.1 Å². The standard InChI is InChI=1S/C16H22N6O2S/c1-16(2,3)25(23,24)14-6-5-13(19-20-14)21-9-11-22(12-10-21)15-17-7-4-8-18-15/h4-8H,9-12H2,1-3H3. The van der Waals surface area contributed by atoms with E-state index in [0.29, 0.717) is 5.82 Å². The van der Waals surface area contributed by atoms with Crippen molar-refractivity contribution in [1.29, 1.82) is 0 Å². The third-order valence-electron chi connectivity index (χ3n) is 4.15. The van der Waals surface area contributed by atoms with Crippen LogP contribution >= 0.6 is 0 Å². The third-order valence-corrected chi connectivity index (χ3v) is 6.53. The minimum atomic E-state index is -3.49. The highest BCUT2D eigenvalue weighted by Crippen LogP contribution is 2.24. The molecule has 0 unspecified atom stereocenters. The van der Waals surface area contributed by atoms with Gasteiger partial charge in [0.05, 0.1) is 4.75 Å². The molecule has 2 aromatic heterocycles. The molecule has 3 rings (SSSR count). The first-order chi connectivity index (χ1) is 11.8. The van der Waals surface area contributed by atoms with Gasteiger partial charge in [0.25, 0.3) is 0 Å². The van der Waals surface area contributed by atoms with Crippen LogP contribution < -0.4 is 9.80 Å². The van der Waals surface area contributed by atoms with Gasteiger partial charge in [0.2, 0.25) is 15.8 Å². The van der Waals surface area contributed by atoms with Gasteiger partial charge in [-0.3, -0.25) is 0 Å². The van der Waals surface area contributed by atoms with Crippen molar-refractivity contribution in [3.63, 3.8) is 0 Å². The van der Waals surface area contributed by atoms with Crippen molar-refractivity contribution in [1.82, 2.24) is 20.2 Å². The zero-order valence-corrected chi connectivity index (χ0v) is 15.4. The summed E-state index contributed by atoms with van der Waals surface area (Å²) in [6.45, 7) is 8.01. The fourth-order valence-electron chi connectivity index (χ4n) is 2.53. The van der Waals surface area contributed by atoms with Crippen molar-refractivity contribution >= 4 is 21.6 Å². The molecule has 0 amide bonds. The van der Waals surface area contributed by atoms with Crippen LogP contribution in [-0.4, -0.2) is 59.5 Å². The number of anilines is 2. The Kier molecular flexibility index (Phi) is 4.59. The van der Waals surface area contributed by atoms with Gasteiger partial charge in [-0.1, -0.05) is 0 Å². The largest absolute Gasteiger partial charge is 0.352 e. The summed E-state index contributed by atoms with van der Waals surface area (Å²) >= 11 is 0. The summed E-state index contributed by atoms with van der Waals surface area (Å²) in [6.07, 6.45) is 3.46. The van der Waals surface area contributed by atoms with Gasteiger partial charge < -0.3 is 9.80 Å². The lowest BCUT2D eigenvalue weighted by atomic mass is 10.3. The van der Waals surface area contributed by atoms with Crippen molar-refractivity contribution in [3.8, 4) is 0 Å². The van der Waals surface area contributed by atoms with E-state index in [4.69, 9.17) is 0 Å². The zero-order chi connectivity index (χ0) is 18.1. The van der Waals surface area contributed by atoms with E-state index in [-0.39, 0.29) is 5.03 Å². The maximum atomic E-state index is 12.4. The molecule has 1 fully saturated rings.